The summed E-state index contributed by atoms with van der Waals surface area (Å²) in [6.45, 7) is 8.54. The molecular weight excluding hydrogens is 784 g/mol. The average molecular weight is 840 g/mol. The maximum atomic E-state index is 14.0. The number of benzene rings is 4. The van der Waals surface area contributed by atoms with Crippen LogP contribution < -0.4 is 24.7 Å². The number of nitrogens with zero attached hydrogens (tertiary/aromatic N) is 1. The first-order valence-corrected chi connectivity index (χ1v) is 24.7. The van der Waals surface area contributed by atoms with Crippen LogP contribution in [0.5, 0.6) is 5.75 Å². The minimum atomic E-state index is -4.13. The Morgan fingerprint density at radius 3 is 2.38 bits per heavy atom. The largest absolute Gasteiger partial charge is 0.490 e. The molecule has 0 aromatic heterocycles. The molecule has 0 radical (unpaired) electrons. The highest BCUT2D eigenvalue weighted by atomic mass is 35.5. The summed E-state index contributed by atoms with van der Waals surface area (Å²) in [6.07, 6.45) is 8.23. The second-order valence-electron chi connectivity index (χ2n) is 18.0. The number of ether oxygens (including phenoxy) is 1. The molecule has 4 aromatic rings. The average Bonchev–Trinajstić information content (AvgIpc) is 3.32. The van der Waals surface area contributed by atoms with E-state index < -0.39 is 36.3 Å². The van der Waals surface area contributed by atoms with Crippen molar-refractivity contribution in [1.29, 1.82) is 0 Å². The van der Waals surface area contributed by atoms with Crippen LogP contribution >= 0.6 is 11.6 Å². The highest BCUT2D eigenvalue weighted by Crippen LogP contribution is 2.47. The zero-order valence-electron chi connectivity index (χ0n) is 33.7. The van der Waals surface area contributed by atoms with E-state index in [2.05, 4.69) is 66.8 Å². The molecule has 8 nitrogen and oxygen atoms in total. The molecule has 0 saturated heterocycles. The standard InChI is InChI=1S/C47H55ClN2O6SSi/c1-46(2,3)58(38-14-6-4-7-15-38,39-16-8-5-9-17-39)56-29-33-12-10-18-43(51)40-22-19-36(40)28-50-31-47(25-11-13-34-26-37(48)21-23-41(34)47)32-55-44-24-20-35(27-42(44)50)45(52)49-57(53,54)30-33/h4-10,14-18,20-21,23-24,26-27,33,36,40,43,51H,11-13,19,22,25,28-32H2,1-3H3,(H,49,52)/b18-10+/t33-,36-,40+,43+,47-/m0/s1. The predicted octanol–water partition coefficient (Wildman–Crippen LogP) is 7.41. The van der Waals surface area contributed by atoms with Crippen molar-refractivity contribution in [3.05, 3.63) is 131 Å². The zero-order chi connectivity index (χ0) is 40.7. The van der Waals surface area contributed by atoms with Gasteiger partial charge in [-0.05, 0) is 107 Å². The lowest BCUT2D eigenvalue weighted by Crippen LogP contribution is -2.67. The molecule has 0 unspecified atom stereocenters. The second kappa shape index (κ2) is 16.3. The maximum absolute atomic E-state index is 14.0. The lowest BCUT2D eigenvalue weighted by molar-refractivity contribution is 0.0455. The fourth-order valence-electron chi connectivity index (χ4n) is 10.1. The Hall–Kier alpha value is -3.93. The molecule has 4 aliphatic rings. The van der Waals surface area contributed by atoms with Gasteiger partial charge in [-0.15, -0.1) is 0 Å². The van der Waals surface area contributed by atoms with Crippen molar-refractivity contribution >= 4 is 51.9 Å². The number of rotatable bonds is 5. The van der Waals surface area contributed by atoms with E-state index in [1.54, 1.807) is 18.2 Å². The quantitative estimate of drug-likeness (QED) is 0.159. The van der Waals surface area contributed by atoms with Crippen molar-refractivity contribution in [1.82, 2.24) is 4.72 Å². The molecule has 1 spiro atoms. The molecule has 2 aliphatic heterocycles. The van der Waals surface area contributed by atoms with Gasteiger partial charge in [0.15, 0.2) is 0 Å². The molecule has 1 fully saturated rings. The number of aliphatic hydroxyl groups excluding tert-OH is 1. The van der Waals surface area contributed by atoms with E-state index in [-0.39, 0.29) is 40.2 Å². The molecule has 11 heteroatoms. The van der Waals surface area contributed by atoms with Gasteiger partial charge in [-0.3, -0.25) is 4.79 Å². The number of allylic oxidation sites excluding steroid dienone is 1. The lowest BCUT2D eigenvalue weighted by Gasteiger charge is -2.45. The third kappa shape index (κ3) is 8.03. The Kier molecular flexibility index (Phi) is 11.4. The number of halogens is 1. The number of carbonyl (C=O) groups is 1. The summed E-state index contributed by atoms with van der Waals surface area (Å²) >= 11 is 6.46. The lowest BCUT2D eigenvalue weighted by atomic mass is 9.68. The van der Waals surface area contributed by atoms with Gasteiger partial charge in [0.25, 0.3) is 14.2 Å². The van der Waals surface area contributed by atoms with E-state index in [0.29, 0.717) is 31.9 Å². The first-order valence-electron chi connectivity index (χ1n) is 20.7. The van der Waals surface area contributed by atoms with E-state index in [9.17, 15) is 18.3 Å². The van der Waals surface area contributed by atoms with Crippen molar-refractivity contribution in [2.24, 2.45) is 17.8 Å². The van der Waals surface area contributed by atoms with Gasteiger partial charge in [-0.2, -0.15) is 0 Å². The molecule has 306 valence electrons. The molecule has 2 aliphatic carbocycles. The minimum absolute atomic E-state index is 0.0483. The van der Waals surface area contributed by atoms with Crippen LogP contribution in [0.2, 0.25) is 10.1 Å². The summed E-state index contributed by atoms with van der Waals surface area (Å²) in [4.78, 5) is 16.3. The highest BCUT2D eigenvalue weighted by molar-refractivity contribution is 7.90. The van der Waals surface area contributed by atoms with Crippen LogP contribution in [0.4, 0.5) is 5.69 Å². The van der Waals surface area contributed by atoms with E-state index in [0.717, 1.165) is 53.2 Å². The third-order valence-electron chi connectivity index (χ3n) is 13.1. The summed E-state index contributed by atoms with van der Waals surface area (Å²) in [7, 11) is -7.11. The van der Waals surface area contributed by atoms with Gasteiger partial charge >= 0.3 is 0 Å². The molecule has 2 heterocycles. The van der Waals surface area contributed by atoms with Gasteiger partial charge in [0.05, 0.1) is 24.2 Å². The van der Waals surface area contributed by atoms with Crippen molar-refractivity contribution in [3.63, 3.8) is 0 Å². The van der Waals surface area contributed by atoms with Gasteiger partial charge in [-0.25, -0.2) is 13.1 Å². The predicted molar refractivity (Wildman–Crippen MR) is 235 cm³/mol. The number of fused-ring (bicyclic) bond motifs is 4. The molecule has 1 saturated carbocycles. The van der Waals surface area contributed by atoms with Crippen molar-refractivity contribution < 1.29 is 27.5 Å². The van der Waals surface area contributed by atoms with Gasteiger partial charge in [0.2, 0.25) is 10.0 Å². The smallest absolute Gasteiger partial charge is 0.264 e. The van der Waals surface area contributed by atoms with Crippen molar-refractivity contribution in [3.8, 4) is 5.75 Å². The highest BCUT2D eigenvalue weighted by Gasteiger charge is 2.51. The Bertz CT molecular complexity index is 2230. The minimum Gasteiger partial charge on any atom is -0.490 e. The van der Waals surface area contributed by atoms with Crippen molar-refractivity contribution in [2.75, 3.05) is 37.0 Å². The first-order chi connectivity index (χ1) is 27.8. The number of aliphatic hydroxyl groups is 1. The molecule has 4 aromatic carbocycles. The topological polar surface area (TPSA) is 105 Å². The summed E-state index contributed by atoms with van der Waals surface area (Å²) in [6, 6.07) is 31.9. The maximum Gasteiger partial charge on any atom is 0.264 e. The fraction of sp³-hybridized carbons (Fsp3) is 0.426. The van der Waals surface area contributed by atoms with Crippen LogP contribution in [-0.2, 0) is 26.3 Å². The van der Waals surface area contributed by atoms with E-state index in [1.807, 2.05) is 54.6 Å². The molecule has 5 atom stereocenters. The summed E-state index contributed by atoms with van der Waals surface area (Å²) in [5.74, 6) is -0.569. The number of anilines is 1. The monoisotopic (exact) mass is 838 g/mol. The van der Waals surface area contributed by atoms with Crippen LogP contribution in [-0.4, -0.2) is 65.9 Å². The first kappa shape index (κ1) is 40.8. The number of sulfonamides is 1. The van der Waals surface area contributed by atoms with Crippen LogP contribution in [0.25, 0.3) is 0 Å². The van der Waals surface area contributed by atoms with E-state index >= 15 is 0 Å². The Morgan fingerprint density at radius 1 is 0.983 bits per heavy atom. The molecule has 2 bridgehead atoms. The zero-order valence-corrected chi connectivity index (χ0v) is 36.3. The number of amides is 1. The van der Waals surface area contributed by atoms with E-state index in [4.69, 9.17) is 20.8 Å². The van der Waals surface area contributed by atoms with Crippen LogP contribution in [0.15, 0.2) is 109 Å². The van der Waals surface area contributed by atoms with Gasteiger partial charge in [0, 0.05) is 41.6 Å². The molecule has 8 rings (SSSR count). The number of aryl methyl sites for hydroxylation is 1. The number of hydrogen-bond donors (Lipinski definition) is 2. The Morgan fingerprint density at radius 2 is 1.71 bits per heavy atom. The fourth-order valence-corrected chi connectivity index (χ4v) is 16.3. The SMILES string of the molecule is CC(C)(C)[Si](OC[C@@H]1C/C=C/[C@@H](O)[C@@H]2CC[C@H]2CN2C[C@@]3(CCCc4cc(Cl)ccc43)COc3ccc(cc32)C(=O)NS(=O)(=O)C1)(c1ccccc1)c1ccccc1. The summed E-state index contributed by atoms with van der Waals surface area (Å²) in [5, 5.41) is 14.3. The van der Waals surface area contributed by atoms with Crippen LogP contribution in [0, 0.1) is 17.8 Å². The second-order valence-corrected chi connectivity index (χ2v) is 24.5. The number of hydrogen-bond acceptors (Lipinski definition) is 7. The molecule has 58 heavy (non-hydrogen) atoms. The van der Waals surface area contributed by atoms with Gasteiger partial charge in [0.1, 0.15) is 5.75 Å². The van der Waals surface area contributed by atoms with E-state index in [1.165, 1.54) is 11.1 Å². The summed E-state index contributed by atoms with van der Waals surface area (Å²) < 4.78 is 44.3. The number of carbonyl (C=O) groups excluding carboxylic acids is 1. The molecule has 1 amide bonds. The Labute approximate surface area is 349 Å². The van der Waals surface area contributed by atoms with Gasteiger partial charge < -0.3 is 19.2 Å². The normalized spacial score (nSPS) is 26.6. The summed E-state index contributed by atoms with van der Waals surface area (Å²) in [5.41, 5.74) is 3.20. The van der Waals surface area contributed by atoms with Crippen LogP contribution in [0.3, 0.4) is 0 Å². The van der Waals surface area contributed by atoms with Crippen LogP contribution in [0.1, 0.15) is 74.4 Å². The molecular formula is C47H55ClN2O6SSi. The van der Waals surface area contributed by atoms with Gasteiger partial charge in [-0.1, -0.05) is 111 Å². The Balaban J connectivity index is 1.12. The van der Waals surface area contributed by atoms with Crippen molar-refractivity contribution in [2.45, 2.75) is 75.9 Å². The molecule has 2 N–H and O–H groups in total. The third-order valence-corrected chi connectivity index (χ3v) is 19.8. The number of nitrogens with one attached hydrogen (secondary N) is 1.